The van der Waals surface area contributed by atoms with Crippen molar-refractivity contribution < 1.29 is 4.74 Å². The number of benzene rings is 1. The van der Waals surface area contributed by atoms with Gasteiger partial charge in [0.1, 0.15) is 5.75 Å². The van der Waals surface area contributed by atoms with E-state index in [1.54, 1.807) is 7.11 Å². The van der Waals surface area contributed by atoms with E-state index in [2.05, 4.69) is 42.7 Å². The number of fused-ring (bicyclic) bond motifs is 1. The molecule has 1 aromatic heterocycles. The Morgan fingerprint density at radius 1 is 1.30 bits per heavy atom. The van der Waals surface area contributed by atoms with Gasteiger partial charge < -0.3 is 10.1 Å². The quantitative estimate of drug-likeness (QED) is 0.852. The van der Waals surface area contributed by atoms with Crippen LogP contribution >= 0.6 is 23.1 Å². The summed E-state index contributed by atoms with van der Waals surface area (Å²) >= 11 is 3.86. The van der Waals surface area contributed by atoms with Crippen molar-refractivity contribution in [2.24, 2.45) is 0 Å². The molecule has 0 spiro atoms. The lowest BCUT2D eigenvalue weighted by molar-refractivity contribution is 0.414. The maximum Gasteiger partial charge on any atom is 0.119 e. The van der Waals surface area contributed by atoms with E-state index in [1.165, 1.54) is 27.4 Å². The Labute approximate surface area is 128 Å². The highest BCUT2D eigenvalue weighted by atomic mass is 32.2. The van der Waals surface area contributed by atoms with Gasteiger partial charge in [-0.2, -0.15) is 0 Å². The van der Waals surface area contributed by atoms with Gasteiger partial charge in [0.2, 0.25) is 0 Å². The van der Waals surface area contributed by atoms with Crippen LogP contribution in [0.15, 0.2) is 33.9 Å². The third kappa shape index (κ3) is 2.67. The molecule has 1 aliphatic rings. The van der Waals surface area contributed by atoms with Crippen LogP contribution in [0.3, 0.4) is 0 Å². The molecule has 0 saturated carbocycles. The van der Waals surface area contributed by atoms with Crippen LogP contribution in [0.1, 0.15) is 30.5 Å². The Kier molecular flexibility index (Phi) is 3.94. The fourth-order valence-electron chi connectivity index (χ4n) is 2.60. The van der Waals surface area contributed by atoms with E-state index in [9.17, 15) is 0 Å². The van der Waals surface area contributed by atoms with Gasteiger partial charge in [-0.3, -0.25) is 0 Å². The minimum Gasteiger partial charge on any atom is -0.497 e. The molecule has 1 aliphatic heterocycles. The van der Waals surface area contributed by atoms with Gasteiger partial charge in [-0.1, -0.05) is 6.92 Å². The highest BCUT2D eigenvalue weighted by Gasteiger charge is 2.26. The number of aryl methyl sites for hydroxylation is 1. The Balaban J connectivity index is 1.85. The lowest BCUT2D eigenvalue weighted by Crippen LogP contribution is -2.19. The van der Waals surface area contributed by atoms with Crippen molar-refractivity contribution in [1.82, 2.24) is 0 Å². The molecule has 1 N–H and O–H groups in total. The molecule has 2 heterocycles. The summed E-state index contributed by atoms with van der Waals surface area (Å²) in [7, 11) is 1.71. The maximum absolute atomic E-state index is 5.27. The van der Waals surface area contributed by atoms with Gasteiger partial charge >= 0.3 is 0 Å². The standard InChI is InChI=1S/C16H19NOS2/c1-10-8-12(18-3)4-5-14(10)17-15-9-11(2)20-16-13(15)6-7-19-16/h4-8,11,15,17H,9H2,1-3H3/t11-,15?/m0/s1. The zero-order valence-electron chi connectivity index (χ0n) is 12.0. The van der Waals surface area contributed by atoms with E-state index in [1.807, 2.05) is 29.2 Å². The van der Waals surface area contributed by atoms with Crippen molar-refractivity contribution in [2.75, 3.05) is 12.4 Å². The van der Waals surface area contributed by atoms with Crippen LogP contribution in [-0.2, 0) is 0 Å². The highest BCUT2D eigenvalue weighted by Crippen LogP contribution is 2.45. The van der Waals surface area contributed by atoms with Gasteiger partial charge in [0.05, 0.1) is 17.4 Å². The first-order valence-electron chi connectivity index (χ1n) is 6.82. The summed E-state index contributed by atoms with van der Waals surface area (Å²) < 4.78 is 6.74. The number of ether oxygens (including phenoxy) is 1. The molecule has 3 rings (SSSR count). The van der Waals surface area contributed by atoms with E-state index >= 15 is 0 Å². The molecule has 0 saturated heterocycles. The summed E-state index contributed by atoms with van der Waals surface area (Å²) in [6.07, 6.45) is 1.17. The van der Waals surface area contributed by atoms with Crippen LogP contribution in [-0.4, -0.2) is 12.4 Å². The normalized spacial score (nSPS) is 21.4. The van der Waals surface area contributed by atoms with Crippen molar-refractivity contribution in [2.45, 2.75) is 35.8 Å². The fourth-order valence-corrected chi connectivity index (χ4v) is 5.17. The molecule has 0 aliphatic carbocycles. The second kappa shape index (κ2) is 5.70. The molecule has 0 fully saturated rings. The van der Waals surface area contributed by atoms with Crippen molar-refractivity contribution in [3.8, 4) is 5.75 Å². The minimum absolute atomic E-state index is 0.416. The molecule has 1 unspecified atom stereocenters. The van der Waals surface area contributed by atoms with Crippen LogP contribution in [0.4, 0.5) is 5.69 Å². The molecular weight excluding hydrogens is 286 g/mol. The van der Waals surface area contributed by atoms with Gasteiger partial charge in [0.15, 0.2) is 0 Å². The van der Waals surface area contributed by atoms with Gasteiger partial charge in [0.25, 0.3) is 0 Å². The van der Waals surface area contributed by atoms with E-state index in [0.717, 1.165) is 5.75 Å². The molecule has 0 amide bonds. The summed E-state index contributed by atoms with van der Waals surface area (Å²) in [6.45, 7) is 4.43. The van der Waals surface area contributed by atoms with Crippen LogP contribution in [0.25, 0.3) is 0 Å². The SMILES string of the molecule is COc1ccc(NC2C[C@H](C)Sc3sccc32)c(C)c1. The number of rotatable bonds is 3. The van der Waals surface area contributed by atoms with Crippen LogP contribution in [0.5, 0.6) is 5.75 Å². The van der Waals surface area contributed by atoms with Gasteiger partial charge in [-0.15, -0.1) is 23.1 Å². The summed E-state index contributed by atoms with van der Waals surface area (Å²) in [5, 5.41) is 6.57. The van der Waals surface area contributed by atoms with Gasteiger partial charge in [-0.25, -0.2) is 0 Å². The third-order valence-electron chi connectivity index (χ3n) is 3.67. The van der Waals surface area contributed by atoms with E-state index in [4.69, 9.17) is 4.74 Å². The number of thiophene rings is 1. The Bertz CT molecular complexity index is 608. The van der Waals surface area contributed by atoms with E-state index in [-0.39, 0.29) is 0 Å². The number of hydrogen-bond acceptors (Lipinski definition) is 4. The zero-order valence-corrected chi connectivity index (χ0v) is 13.6. The molecule has 1 aromatic carbocycles. The van der Waals surface area contributed by atoms with Crippen LogP contribution in [0, 0.1) is 6.92 Å². The van der Waals surface area contributed by atoms with Crippen molar-refractivity contribution in [3.05, 3.63) is 40.8 Å². The molecule has 4 heteroatoms. The topological polar surface area (TPSA) is 21.3 Å². The molecule has 2 aromatic rings. The predicted octanol–water partition coefficient (Wildman–Crippen LogP) is 5.10. The van der Waals surface area contributed by atoms with E-state index < -0.39 is 0 Å². The summed E-state index contributed by atoms with van der Waals surface area (Å²) in [4.78, 5) is 0. The monoisotopic (exact) mass is 305 g/mol. The van der Waals surface area contributed by atoms with Crippen LogP contribution < -0.4 is 10.1 Å². The first kappa shape index (κ1) is 13.8. The molecule has 0 radical (unpaired) electrons. The highest BCUT2D eigenvalue weighted by molar-refractivity contribution is 8.01. The number of anilines is 1. The number of nitrogens with one attached hydrogen (secondary N) is 1. The smallest absolute Gasteiger partial charge is 0.119 e. The van der Waals surface area contributed by atoms with Gasteiger partial charge in [0, 0.05) is 10.9 Å². The van der Waals surface area contributed by atoms with Crippen LogP contribution in [0.2, 0.25) is 0 Å². The number of hydrogen-bond donors (Lipinski definition) is 1. The summed E-state index contributed by atoms with van der Waals surface area (Å²) in [6, 6.07) is 8.89. The Morgan fingerprint density at radius 3 is 2.90 bits per heavy atom. The third-order valence-corrected chi connectivity index (χ3v) is 6.02. The minimum atomic E-state index is 0.416. The number of methoxy groups -OCH3 is 1. The average molecular weight is 305 g/mol. The second-order valence-corrected chi connectivity index (χ2v) is 7.83. The van der Waals surface area contributed by atoms with Gasteiger partial charge in [-0.05, 0) is 54.1 Å². The first-order chi connectivity index (χ1) is 9.67. The Morgan fingerprint density at radius 2 is 2.15 bits per heavy atom. The molecule has 106 valence electrons. The lowest BCUT2D eigenvalue weighted by Gasteiger charge is -2.29. The van der Waals surface area contributed by atoms with Crippen molar-refractivity contribution >= 4 is 28.8 Å². The average Bonchev–Trinajstić information content (AvgIpc) is 2.89. The number of thioether (sulfide) groups is 1. The van der Waals surface area contributed by atoms with Crippen molar-refractivity contribution in [3.63, 3.8) is 0 Å². The molecule has 2 atom stereocenters. The summed E-state index contributed by atoms with van der Waals surface area (Å²) in [5.41, 5.74) is 3.88. The first-order valence-corrected chi connectivity index (χ1v) is 8.58. The predicted molar refractivity (Wildman–Crippen MR) is 88.3 cm³/mol. The Hall–Kier alpha value is -1.13. The molecular formula is C16H19NOS2. The zero-order chi connectivity index (χ0) is 14.1. The largest absolute Gasteiger partial charge is 0.497 e. The molecule has 2 nitrogen and oxygen atoms in total. The maximum atomic E-state index is 5.27. The molecule has 0 bridgehead atoms. The fraction of sp³-hybridized carbons (Fsp3) is 0.375. The lowest BCUT2D eigenvalue weighted by atomic mass is 10.0. The summed E-state index contributed by atoms with van der Waals surface area (Å²) in [5.74, 6) is 0.914. The van der Waals surface area contributed by atoms with Crippen molar-refractivity contribution in [1.29, 1.82) is 0 Å². The van der Waals surface area contributed by atoms with E-state index in [0.29, 0.717) is 11.3 Å². The molecule has 20 heavy (non-hydrogen) atoms. The second-order valence-electron chi connectivity index (χ2n) is 5.21.